The number of hydrogen-bond acceptors (Lipinski definition) is 5. The van der Waals surface area contributed by atoms with Crippen LogP contribution in [-0.4, -0.2) is 28.5 Å². The zero-order chi connectivity index (χ0) is 22.8. The van der Waals surface area contributed by atoms with Gasteiger partial charge in [-0.15, -0.1) is 0 Å². The lowest BCUT2D eigenvalue weighted by molar-refractivity contribution is -0.127. The molecule has 1 N–H and O–H groups in total. The molecule has 0 radical (unpaired) electrons. The molecule has 0 unspecified atom stereocenters. The molecule has 6 nitrogen and oxygen atoms in total. The van der Waals surface area contributed by atoms with Crippen LogP contribution in [0.15, 0.2) is 63.9 Å². The summed E-state index contributed by atoms with van der Waals surface area (Å²) in [6, 6.07) is 13.8. The Kier molecular flexibility index (Phi) is 6.36. The molecular weight excluding hydrogens is 478 g/mol. The molecule has 1 aliphatic heterocycles. The number of halogens is 3. The number of imide groups is 1. The van der Waals surface area contributed by atoms with Crippen molar-refractivity contribution in [3.63, 3.8) is 0 Å². The first-order valence-electron chi connectivity index (χ1n) is 9.17. The highest BCUT2D eigenvalue weighted by Crippen LogP contribution is 2.35. The van der Waals surface area contributed by atoms with Gasteiger partial charge in [0, 0.05) is 16.7 Å². The van der Waals surface area contributed by atoms with E-state index >= 15 is 0 Å². The molecule has 10 heteroatoms. The topological polar surface area (TPSA) is 79.6 Å². The van der Waals surface area contributed by atoms with Crippen molar-refractivity contribution in [3.05, 3.63) is 81.1 Å². The number of nitrogens with zero attached hydrogens (tertiary/aromatic N) is 1. The molecule has 4 rings (SSSR count). The normalized spacial score (nSPS) is 15.0. The maximum atomic E-state index is 13.7. The largest absolute Gasteiger partial charge is 0.457 e. The van der Waals surface area contributed by atoms with Crippen molar-refractivity contribution in [2.24, 2.45) is 0 Å². The summed E-state index contributed by atoms with van der Waals surface area (Å²) in [6.45, 7) is -0.544. The molecule has 1 aliphatic rings. The summed E-state index contributed by atoms with van der Waals surface area (Å²) in [7, 11) is 0. The van der Waals surface area contributed by atoms with Gasteiger partial charge in [0.2, 0.25) is 5.91 Å². The van der Waals surface area contributed by atoms with E-state index in [0.29, 0.717) is 38.9 Å². The third-order valence-electron chi connectivity index (χ3n) is 4.42. The van der Waals surface area contributed by atoms with Crippen molar-refractivity contribution in [1.82, 2.24) is 4.90 Å². The van der Waals surface area contributed by atoms with Crippen molar-refractivity contribution in [1.29, 1.82) is 0 Å². The molecule has 32 heavy (non-hydrogen) atoms. The lowest BCUT2D eigenvalue weighted by atomic mass is 10.2. The van der Waals surface area contributed by atoms with Gasteiger partial charge in [-0.3, -0.25) is 19.3 Å². The zero-order valence-corrected chi connectivity index (χ0v) is 18.4. The van der Waals surface area contributed by atoms with Gasteiger partial charge in [-0.25, -0.2) is 4.39 Å². The van der Waals surface area contributed by atoms with Crippen LogP contribution in [0.1, 0.15) is 5.76 Å². The van der Waals surface area contributed by atoms with Gasteiger partial charge in [-0.05, 0) is 54.2 Å². The number of anilines is 1. The third kappa shape index (κ3) is 4.72. The van der Waals surface area contributed by atoms with Crippen molar-refractivity contribution in [3.8, 4) is 11.3 Å². The Balaban J connectivity index is 1.48. The van der Waals surface area contributed by atoms with Gasteiger partial charge in [0.15, 0.2) is 0 Å². The molecular formula is C22H13Cl2FN2O4S. The first kappa shape index (κ1) is 22.1. The van der Waals surface area contributed by atoms with Crippen molar-refractivity contribution >= 4 is 63.8 Å². The zero-order valence-electron chi connectivity index (χ0n) is 16.1. The Hall–Kier alpha value is -3.07. The van der Waals surface area contributed by atoms with E-state index in [4.69, 9.17) is 27.6 Å². The summed E-state index contributed by atoms with van der Waals surface area (Å²) in [5.74, 6) is -1.22. The molecule has 0 atom stereocenters. The lowest BCUT2D eigenvalue weighted by Gasteiger charge is -2.12. The fourth-order valence-electron chi connectivity index (χ4n) is 2.92. The van der Waals surface area contributed by atoms with Crippen LogP contribution in [0.4, 0.5) is 14.9 Å². The molecule has 0 bridgehead atoms. The van der Waals surface area contributed by atoms with E-state index in [0.717, 1.165) is 4.90 Å². The highest BCUT2D eigenvalue weighted by molar-refractivity contribution is 8.18. The molecule has 2 heterocycles. The Morgan fingerprint density at radius 3 is 2.69 bits per heavy atom. The number of carbonyl (C=O) groups is 3. The highest BCUT2D eigenvalue weighted by Gasteiger charge is 2.36. The Morgan fingerprint density at radius 2 is 1.91 bits per heavy atom. The number of furan rings is 1. The fraction of sp³-hybridized carbons (Fsp3) is 0.0455. The molecule has 2 aromatic carbocycles. The molecule has 1 fully saturated rings. The second-order valence-corrected chi connectivity index (χ2v) is 8.46. The second-order valence-electron chi connectivity index (χ2n) is 6.62. The predicted molar refractivity (Wildman–Crippen MR) is 122 cm³/mol. The minimum absolute atomic E-state index is 0.0391. The summed E-state index contributed by atoms with van der Waals surface area (Å²) in [5.41, 5.74) is 0.541. The van der Waals surface area contributed by atoms with Crippen molar-refractivity contribution < 1.29 is 23.2 Å². The molecule has 0 aliphatic carbocycles. The molecule has 162 valence electrons. The van der Waals surface area contributed by atoms with Crippen LogP contribution in [0.25, 0.3) is 17.4 Å². The number of rotatable bonds is 5. The minimum Gasteiger partial charge on any atom is -0.457 e. The van der Waals surface area contributed by atoms with Gasteiger partial charge in [-0.2, -0.15) is 0 Å². The van der Waals surface area contributed by atoms with Crippen LogP contribution in [0.3, 0.4) is 0 Å². The predicted octanol–water partition coefficient (Wildman–Crippen LogP) is 6.07. The quantitative estimate of drug-likeness (QED) is 0.439. The van der Waals surface area contributed by atoms with E-state index in [1.807, 2.05) is 0 Å². The van der Waals surface area contributed by atoms with Crippen LogP contribution < -0.4 is 5.32 Å². The van der Waals surface area contributed by atoms with Gasteiger partial charge in [0.05, 0.1) is 15.6 Å². The average molecular weight is 491 g/mol. The summed E-state index contributed by atoms with van der Waals surface area (Å²) in [4.78, 5) is 38.0. The maximum absolute atomic E-state index is 13.7. The molecule has 3 aromatic rings. The van der Waals surface area contributed by atoms with Crippen molar-refractivity contribution in [2.45, 2.75) is 0 Å². The first-order valence-corrected chi connectivity index (χ1v) is 10.7. The number of nitrogens with one attached hydrogen (secondary N) is 1. The van der Waals surface area contributed by atoms with E-state index in [-0.39, 0.29) is 10.6 Å². The Labute approximate surface area is 196 Å². The van der Waals surface area contributed by atoms with E-state index in [1.54, 1.807) is 36.4 Å². The van der Waals surface area contributed by atoms with E-state index in [1.165, 1.54) is 24.3 Å². The Bertz CT molecular complexity index is 1270. The maximum Gasteiger partial charge on any atom is 0.294 e. The van der Waals surface area contributed by atoms with Crippen molar-refractivity contribution in [2.75, 3.05) is 11.9 Å². The fourth-order valence-corrected chi connectivity index (χ4v) is 4.12. The highest BCUT2D eigenvalue weighted by atomic mass is 35.5. The number of para-hydroxylation sites is 1. The Morgan fingerprint density at radius 1 is 1.12 bits per heavy atom. The monoisotopic (exact) mass is 490 g/mol. The third-order valence-corrected chi connectivity index (χ3v) is 5.89. The lowest BCUT2D eigenvalue weighted by Crippen LogP contribution is -2.36. The van der Waals surface area contributed by atoms with Gasteiger partial charge in [-0.1, -0.05) is 35.3 Å². The summed E-state index contributed by atoms with van der Waals surface area (Å²) in [5, 5.41) is 2.65. The number of hydrogen-bond donors (Lipinski definition) is 1. The smallest absolute Gasteiger partial charge is 0.294 e. The summed E-state index contributed by atoms with van der Waals surface area (Å²) in [6.07, 6.45) is 1.40. The second kappa shape index (κ2) is 9.20. The molecule has 3 amide bonds. The van der Waals surface area contributed by atoms with E-state index in [2.05, 4.69) is 5.32 Å². The molecule has 0 spiro atoms. The average Bonchev–Trinajstić information content (AvgIpc) is 3.32. The van der Waals surface area contributed by atoms with E-state index < -0.39 is 29.4 Å². The summed E-state index contributed by atoms with van der Waals surface area (Å²) >= 11 is 12.9. The van der Waals surface area contributed by atoms with Crippen LogP contribution in [-0.2, 0) is 9.59 Å². The van der Waals surface area contributed by atoms with Gasteiger partial charge in [0.1, 0.15) is 23.9 Å². The van der Waals surface area contributed by atoms with Crippen LogP contribution in [0.5, 0.6) is 0 Å². The number of benzene rings is 2. The number of carbonyl (C=O) groups excluding carboxylic acids is 3. The minimum atomic E-state index is -0.700. The van der Waals surface area contributed by atoms with E-state index in [9.17, 15) is 18.8 Å². The molecule has 0 saturated carbocycles. The standard InChI is InChI=1S/C22H13Cl2FN2O4S/c23-12-5-7-15(24)14(9-12)18-8-6-13(31-18)10-19-21(29)27(22(30)32-19)11-20(28)26-17-4-2-1-3-16(17)25/h1-10H,11H2,(H,26,28)/b19-10-. The van der Waals surface area contributed by atoms with Crippen LogP contribution in [0, 0.1) is 5.82 Å². The van der Waals surface area contributed by atoms with Crippen LogP contribution >= 0.6 is 35.0 Å². The number of amides is 3. The van der Waals surface area contributed by atoms with Gasteiger partial charge in [0.25, 0.3) is 11.1 Å². The van der Waals surface area contributed by atoms with Gasteiger partial charge < -0.3 is 9.73 Å². The summed E-state index contributed by atoms with van der Waals surface area (Å²) < 4.78 is 19.4. The van der Waals surface area contributed by atoms with Crippen LogP contribution in [0.2, 0.25) is 10.0 Å². The van der Waals surface area contributed by atoms with Gasteiger partial charge >= 0.3 is 0 Å². The molecule has 1 saturated heterocycles. The SMILES string of the molecule is O=C(CN1C(=O)S/C(=C\c2ccc(-c3cc(Cl)ccc3Cl)o2)C1=O)Nc1ccccc1F. The first-order chi connectivity index (χ1) is 15.3. The number of thioether (sulfide) groups is 1. The molecule has 1 aromatic heterocycles.